The molecular formula is C52H101NO11. The molecular weight excluding hydrogens is 815 g/mol. The Morgan fingerprint density at radius 2 is 0.906 bits per heavy atom. The number of carbonyl (C=O) groups excluding carboxylic acids is 2. The van der Waals surface area contributed by atoms with Crippen molar-refractivity contribution in [3.63, 3.8) is 0 Å². The van der Waals surface area contributed by atoms with Gasteiger partial charge in [0.25, 0.3) is 0 Å². The first kappa shape index (κ1) is 60.6. The molecule has 1 aliphatic heterocycles. The molecule has 1 amide bonds. The van der Waals surface area contributed by atoms with E-state index in [2.05, 4.69) is 19.2 Å². The number of hydrogen-bond donors (Lipinski definition) is 7. The number of amides is 1. The molecule has 1 heterocycles. The van der Waals surface area contributed by atoms with Crippen LogP contribution in [0, 0.1) is 0 Å². The average molecular weight is 916 g/mol. The predicted molar refractivity (Wildman–Crippen MR) is 257 cm³/mol. The van der Waals surface area contributed by atoms with Gasteiger partial charge in [0.05, 0.1) is 18.8 Å². The minimum absolute atomic E-state index is 0.253. The zero-order valence-corrected chi connectivity index (χ0v) is 41.1. The molecule has 1 aliphatic rings. The minimum atomic E-state index is -1.70. The van der Waals surface area contributed by atoms with Gasteiger partial charge in [-0.05, 0) is 12.8 Å². The van der Waals surface area contributed by atoms with Crippen LogP contribution in [0.25, 0.3) is 0 Å². The van der Waals surface area contributed by atoms with E-state index < -0.39 is 68.1 Å². The third-order valence-electron chi connectivity index (χ3n) is 13.2. The summed E-state index contributed by atoms with van der Waals surface area (Å²) in [7, 11) is 0. The average Bonchev–Trinajstić information content (AvgIpc) is 3.29. The molecule has 8 atom stereocenters. The van der Waals surface area contributed by atoms with Crippen LogP contribution in [0.1, 0.15) is 251 Å². The van der Waals surface area contributed by atoms with E-state index in [9.17, 15) is 35.1 Å². The number of ether oxygens (including phenoxy) is 3. The summed E-state index contributed by atoms with van der Waals surface area (Å²) in [5.41, 5.74) is 0. The fourth-order valence-electron chi connectivity index (χ4n) is 8.82. The number of rotatable bonds is 46. The van der Waals surface area contributed by atoms with E-state index in [4.69, 9.17) is 19.3 Å². The maximum absolute atomic E-state index is 13.1. The highest BCUT2D eigenvalue weighted by Crippen LogP contribution is 2.24. The molecule has 0 spiro atoms. The lowest BCUT2D eigenvalue weighted by molar-refractivity contribution is -0.303. The Hall–Kier alpha value is -1.38. The maximum Gasteiger partial charge on any atom is 0.331 e. The summed E-state index contributed by atoms with van der Waals surface area (Å²) in [4.78, 5) is 24.6. The number of aliphatic hydroxyl groups excluding tert-OH is 6. The number of carbonyl (C=O) groups is 2. The third kappa shape index (κ3) is 32.3. The molecule has 1 rings (SSSR count). The summed E-state index contributed by atoms with van der Waals surface area (Å²) in [6.07, 6.45) is 34.3. The van der Waals surface area contributed by atoms with Gasteiger partial charge in [0, 0.05) is 6.42 Å². The van der Waals surface area contributed by atoms with Gasteiger partial charge in [-0.15, -0.1) is 0 Å². The molecule has 12 heteroatoms. The summed E-state index contributed by atoms with van der Waals surface area (Å²) in [6.45, 7) is 2.75. The highest BCUT2D eigenvalue weighted by Gasteiger charge is 2.45. The Kier molecular flexibility index (Phi) is 40.7. The molecule has 64 heavy (non-hydrogen) atoms. The van der Waals surface area contributed by atoms with Crippen LogP contribution in [0.15, 0.2) is 0 Å². The van der Waals surface area contributed by atoms with E-state index >= 15 is 0 Å². The van der Waals surface area contributed by atoms with Crippen LogP contribution in [-0.4, -0.2) is 111 Å². The molecule has 0 aromatic rings. The van der Waals surface area contributed by atoms with Crippen LogP contribution < -0.4 is 5.32 Å². The second kappa shape index (κ2) is 42.9. The van der Waals surface area contributed by atoms with E-state index in [1.807, 2.05) is 0 Å². The number of nitrogens with one attached hydrogen (secondary N) is 1. The molecule has 1 fully saturated rings. The fourth-order valence-corrected chi connectivity index (χ4v) is 8.82. The van der Waals surface area contributed by atoms with Gasteiger partial charge in [-0.3, -0.25) is 4.79 Å². The predicted octanol–water partition coefficient (Wildman–Crippen LogP) is 10.0. The van der Waals surface area contributed by atoms with Gasteiger partial charge >= 0.3 is 5.97 Å². The van der Waals surface area contributed by atoms with E-state index in [1.165, 1.54) is 173 Å². The topological polar surface area (TPSA) is 195 Å². The molecule has 0 radical (unpaired) electrons. The summed E-state index contributed by atoms with van der Waals surface area (Å²) in [6, 6.07) is -1.05. The zero-order valence-electron chi connectivity index (χ0n) is 41.1. The van der Waals surface area contributed by atoms with E-state index in [-0.39, 0.29) is 18.9 Å². The summed E-state index contributed by atoms with van der Waals surface area (Å²) >= 11 is 0. The highest BCUT2D eigenvalue weighted by atomic mass is 16.7. The van der Waals surface area contributed by atoms with Crippen molar-refractivity contribution in [2.45, 2.75) is 300 Å². The Bertz CT molecular complexity index is 1050. The molecule has 0 saturated carbocycles. The number of esters is 1. The van der Waals surface area contributed by atoms with Crippen molar-refractivity contribution in [2.75, 3.05) is 19.8 Å². The van der Waals surface area contributed by atoms with Crippen LogP contribution in [0.3, 0.4) is 0 Å². The SMILES string of the molecule is CCCCCCCCCCCCCCCCCCCCCCCCCC(=O)N[C@@H](CO[C@H]1O[C@H](COC(=O)CO)[C@H](O)[C@H](O)[C@H]1O)[C@H](O)[C@H](O)CCCCCCCCCCCCCC. The Balaban J connectivity index is 2.38. The van der Waals surface area contributed by atoms with Crippen LogP contribution in [0.4, 0.5) is 0 Å². The van der Waals surface area contributed by atoms with E-state index in [1.54, 1.807) is 0 Å². The first-order valence-electron chi connectivity index (χ1n) is 26.9. The molecule has 1 saturated heterocycles. The lowest BCUT2D eigenvalue weighted by atomic mass is 9.98. The van der Waals surface area contributed by atoms with E-state index in [0.717, 1.165) is 44.9 Å². The maximum atomic E-state index is 13.1. The Labute approximate surface area is 390 Å². The zero-order chi connectivity index (χ0) is 46.9. The van der Waals surface area contributed by atoms with Gasteiger partial charge in [-0.1, -0.05) is 232 Å². The second-order valence-corrected chi connectivity index (χ2v) is 19.1. The van der Waals surface area contributed by atoms with Gasteiger partial charge in [0.15, 0.2) is 6.29 Å². The molecule has 0 bridgehead atoms. The number of aliphatic hydroxyl groups is 6. The van der Waals surface area contributed by atoms with Gasteiger partial charge in [0.2, 0.25) is 5.91 Å². The van der Waals surface area contributed by atoms with Crippen molar-refractivity contribution in [3.8, 4) is 0 Å². The molecule has 0 unspecified atom stereocenters. The molecule has 0 aliphatic carbocycles. The Morgan fingerprint density at radius 3 is 1.30 bits per heavy atom. The van der Waals surface area contributed by atoms with Gasteiger partial charge < -0.3 is 50.2 Å². The highest BCUT2D eigenvalue weighted by molar-refractivity contribution is 5.76. The van der Waals surface area contributed by atoms with Crippen LogP contribution >= 0.6 is 0 Å². The molecule has 0 aromatic heterocycles. The molecule has 7 N–H and O–H groups in total. The monoisotopic (exact) mass is 916 g/mol. The molecule has 380 valence electrons. The summed E-state index contributed by atoms with van der Waals surface area (Å²) < 4.78 is 16.2. The summed E-state index contributed by atoms with van der Waals surface area (Å²) in [5.74, 6) is -1.24. The fraction of sp³-hybridized carbons (Fsp3) is 0.962. The quantitative estimate of drug-likeness (QED) is 0.0227. The van der Waals surface area contributed by atoms with Crippen molar-refractivity contribution in [1.82, 2.24) is 5.32 Å². The first-order chi connectivity index (χ1) is 31.2. The lowest BCUT2D eigenvalue weighted by Gasteiger charge is -2.40. The van der Waals surface area contributed by atoms with Crippen LogP contribution in [0.2, 0.25) is 0 Å². The lowest BCUT2D eigenvalue weighted by Crippen LogP contribution is -2.60. The molecule has 12 nitrogen and oxygen atoms in total. The van der Waals surface area contributed by atoms with Gasteiger partial charge in [-0.25, -0.2) is 4.79 Å². The van der Waals surface area contributed by atoms with Gasteiger partial charge in [0.1, 0.15) is 43.7 Å². The smallest absolute Gasteiger partial charge is 0.331 e. The van der Waals surface area contributed by atoms with Crippen LogP contribution in [0.5, 0.6) is 0 Å². The standard InChI is InChI=1S/C52H101NO11/c1-3-5-7-9-11-13-15-17-18-19-20-21-22-23-24-25-26-27-29-31-33-35-37-39-46(56)53-43(41-63-52-51(61)50(60)49(59)45(64-52)42-62-47(57)40-54)48(58)44(55)38-36-34-32-30-28-16-14-12-10-8-6-4-2/h43-45,48-52,54-55,58-61H,3-42H2,1-2H3,(H,53,56)/t43-,44+,45+,48-,49-,50-,51+,52-/m0/s1. The van der Waals surface area contributed by atoms with Gasteiger partial charge in [-0.2, -0.15) is 0 Å². The van der Waals surface area contributed by atoms with Crippen molar-refractivity contribution in [1.29, 1.82) is 0 Å². The Morgan fingerprint density at radius 1 is 0.531 bits per heavy atom. The normalized spacial score (nSPS) is 20.3. The van der Waals surface area contributed by atoms with Crippen molar-refractivity contribution < 1.29 is 54.4 Å². The molecule has 0 aromatic carbocycles. The number of hydrogen-bond acceptors (Lipinski definition) is 11. The van der Waals surface area contributed by atoms with Crippen molar-refractivity contribution >= 4 is 11.9 Å². The van der Waals surface area contributed by atoms with Crippen LogP contribution in [-0.2, 0) is 23.8 Å². The van der Waals surface area contributed by atoms with E-state index in [0.29, 0.717) is 12.8 Å². The summed E-state index contributed by atoms with van der Waals surface area (Å²) in [5, 5.41) is 65.5. The van der Waals surface area contributed by atoms with Crippen molar-refractivity contribution in [2.24, 2.45) is 0 Å². The number of unbranched alkanes of at least 4 members (excludes halogenated alkanes) is 33. The first-order valence-corrected chi connectivity index (χ1v) is 26.9. The largest absolute Gasteiger partial charge is 0.461 e. The minimum Gasteiger partial charge on any atom is -0.461 e. The third-order valence-corrected chi connectivity index (χ3v) is 13.2. The second-order valence-electron chi connectivity index (χ2n) is 19.1. The van der Waals surface area contributed by atoms with Crippen molar-refractivity contribution in [3.05, 3.63) is 0 Å².